The van der Waals surface area contributed by atoms with Crippen LogP contribution in [0.3, 0.4) is 0 Å². The summed E-state index contributed by atoms with van der Waals surface area (Å²) >= 11 is 0. The maximum absolute atomic E-state index is 12.7. The molecule has 1 aromatic carbocycles. The normalized spacial score (nSPS) is 24.0. The molecule has 7 heteroatoms. The number of esters is 3. The molecule has 0 aliphatic heterocycles. The summed E-state index contributed by atoms with van der Waals surface area (Å²) in [6.45, 7) is 9.53. The van der Waals surface area contributed by atoms with Gasteiger partial charge in [0.1, 0.15) is 11.5 Å². The predicted molar refractivity (Wildman–Crippen MR) is 140 cm³/mol. The molecule has 37 heavy (non-hydrogen) atoms. The van der Waals surface area contributed by atoms with Gasteiger partial charge in [0.15, 0.2) is 0 Å². The first-order chi connectivity index (χ1) is 17.6. The van der Waals surface area contributed by atoms with Crippen LogP contribution in [0.1, 0.15) is 70.8 Å². The van der Waals surface area contributed by atoms with Crippen LogP contribution in [0.2, 0.25) is 0 Å². The average Bonchev–Trinajstić information content (AvgIpc) is 2.91. The zero-order chi connectivity index (χ0) is 27.0. The van der Waals surface area contributed by atoms with Crippen molar-refractivity contribution in [1.82, 2.24) is 0 Å². The Bertz CT molecular complexity index is 951. The number of methoxy groups -OCH3 is 1. The minimum absolute atomic E-state index is 0.0658. The first-order valence-electron chi connectivity index (χ1n) is 13.4. The Morgan fingerprint density at radius 1 is 0.892 bits per heavy atom. The van der Waals surface area contributed by atoms with Crippen molar-refractivity contribution in [1.29, 1.82) is 0 Å². The number of aryl methyl sites for hydroxylation is 1. The van der Waals surface area contributed by atoms with Crippen molar-refractivity contribution in [3.05, 3.63) is 36.4 Å². The van der Waals surface area contributed by atoms with Crippen LogP contribution in [0.15, 0.2) is 30.9 Å². The molecule has 7 nitrogen and oxygen atoms in total. The number of carbonyl (C=O) groups is 3. The van der Waals surface area contributed by atoms with Crippen molar-refractivity contribution in [2.75, 3.05) is 20.3 Å². The third-order valence-corrected chi connectivity index (χ3v) is 7.85. The molecule has 3 rings (SSSR count). The van der Waals surface area contributed by atoms with Gasteiger partial charge in [0.25, 0.3) is 0 Å². The van der Waals surface area contributed by atoms with Crippen molar-refractivity contribution in [3.8, 4) is 11.5 Å². The highest BCUT2D eigenvalue weighted by molar-refractivity contribution is 5.81. The van der Waals surface area contributed by atoms with Gasteiger partial charge in [-0.1, -0.05) is 26.5 Å². The molecule has 2 saturated carbocycles. The molecule has 0 amide bonds. The van der Waals surface area contributed by atoms with Crippen LogP contribution in [0.5, 0.6) is 11.5 Å². The molecule has 0 aromatic heterocycles. The summed E-state index contributed by atoms with van der Waals surface area (Å²) in [5, 5.41) is 0. The van der Waals surface area contributed by atoms with Crippen LogP contribution in [0.25, 0.3) is 0 Å². The third kappa shape index (κ3) is 8.34. The van der Waals surface area contributed by atoms with Crippen molar-refractivity contribution in [3.63, 3.8) is 0 Å². The Morgan fingerprint density at radius 2 is 1.43 bits per heavy atom. The average molecular weight is 515 g/mol. The predicted octanol–water partition coefficient (Wildman–Crippen LogP) is 5.82. The monoisotopic (exact) mass is 514 g/mol. The van der Waals surface area contributed by atoms with Crippen LogP contribution < -0.4 is 9.47 Å². The number of carbonyl (C=O) groups excluding carboxylic acids is 3. The molecule has 1 aromatic rings. The van der Waals surface area contributed by atoms with E-state index in [2.05, 4.69) is 6.58 Å². The van der Waals surface area contributed by atoms with E-state index in [1.165, 1.54) is 0 Å². The lowest BCUT2D eigenvalue weighted by Gasteiger charge is -2.37. The van der Waals surface area contributed by atoms with E-state index in [-0.39, 0.29) is 37.0 Å². The summed E-state index contributed by atoms with van der Waals surface area (Å²) in [6, 6.07) is 5.47. The number of benzene rings is 1. The van der Waals surface area contributed by atoms with E-state index in [4.69, 9.17) is 18.9 Å². The van der Waals surface area contributed by atoms with Crippen LogP contribution in [0.4, 0.5) is 0 Å². The quantitative estimate of drug-likeness (QED) is 0.221. The fourth-order valence-corrected chi connectivity index (χ4v) is 5.47. The van der Waals surface area contributed by atoms with Gasteiger partial charge in [-0.15, -0.1) is 0 Å². The van der Waals surface area contributed by atoms with Crippen molar-refractivity contribution >= 4 is 17.9 Å². The number of hydrogen-bond acceptors (Lipinski definition) is 7. The van der Waals surface area contributed by atoms with Gasteiger partial charge in [-0.3, -0.25) is 9.59 Å². The van der Waals surface area contributed by atoms with Gasteiger partial charge in [-0.05, 0) is 81.8 Å². The summed E-state index contributed by atoms with van der Waals surface area (Å²) < 4.78 is 21.7. The van der Waals surface area contributed by atoms with Crippen LogP contribution in [-0.2, 0) is 23.9 Å². The van der Waals surface area contributed by atoms with Gasteiger partial charge >= 0.3 is 17.9 Å². The molecule has 0 radical (unpaired) electrons. The summed E-state index contributed by atoms with van der Waals surface area (Å²) in [4.78, 5) is 36.7. The van der Waals surface area contributed by atoms with E-state index in [0.717, 1.165) is 63.0 Å². The second-order valence-electron chi connectivity index (χ2n) is 11.4. The molecule has 2 aliphatic carbocycles. The molecule has 204 valence electrons. The summed E-state index contributed by atoms with van der Waals surface area (Å²) in [5.74, 6) is 1.52. The van der Waals surface area contributed by atoms with Gasteiger partial charge in [0, 0.05) is 17.6 Å². The molecular formula is C30H42O7. The topological polar surface area (TPSA) is 88.1 Å². The fourth-order valence-electron chi connectivity index (χ4n) is 5.47. The molecule has 0 heterocycles. The van der Waals surface area contributed by atoms with Gasteiger partial charge in [-0.25, -0.2) is 4.79 Å². The zero-order valence-electron chi connectivity index (χ0n) is 22.8. The van der Waals surface area contributed by atoms with Crippen molar-refractivity contribution in [2.45, 2.75) is 72.1 Å². The molecule has 0 spiro atoms. The largest absolute Gasteiger partial charge is 0.496 e. The minimum Gasteiger partial charge on any atom is -0.496 e. The standard InChI is InChI=1S/C30H42O7/c1-6-27(31)35-18-30(3,4)19-36-28(32)23-12-8-21(9-13-23)22-10-14-24(15-11-22)29(33)37-25-16-7-20(2)26(17-25)34-5/h6-7,16-17,21-24H,1,8-15,18-19H2,2-5H3. The minimum atomic E-state index is -0.476. The highest BCUT2D eigenvalue weighted by atomic mass is 16.6. The van der Waals surface area contributed by atoms with Crippen molar-refractivity contribution < 1.29 is 33.3 Å². The highest BCUT2D eigenvalue weighted by Gasteiger charge is 2.36. The zero-order valence-corrected chi connectivity index (χ0v) is 22.8. The molecular weight excluding hydrogens is 472 g/mol. The van der Waals surface area contributed by atoms with Crippen LogP contribution >= 0.6 is 0 Å². The molecule has 0 bridgehead atoms. The first kappa shape index (κ1) is 28.7. The molecule has 2 aliphatic rings. The lowest BCUT2D eigenvalue weighted by atomic mass is 9.69. The SMILES string of the molecule is C=CC(=O)OCC(C)(C)COC(=O)C1CCC(C2CCC(C(=O)Oc3ccc(C)c(OC)c3)CC2)CC1. The summed E-state index contributed by atoms with van der Waals surface area (Å²) in [7, 11) is 1.61. The number of rotatable bonds is 10. The Hall–Kier alpha value is -2.83. The summed E-state index contributed by atoms with van der Waals surface area (Å²) in [6.07, 6.45) is 8.58. The number of hydrogen-bond donors (Lipinski definition) is 0. The summed E-state index contributed by atoms with van der Waals surface area (Å²) in [5.41, 5.74) is 0.554. The van der Waals surface area contributed by atoms with Crippen molar-refractivity contribution in [2.24, 2.45) is 29.1 Å². The maximum atomic E-state index is 12.7. The molecule has 0 unspecified atom stereocenters. The fraction of sp³-hybridized carbons (Fsp3) is 0.633. The van der Waals surface area contributed by atoms with Gasteiger partial charge in [0.05, 0.1) is 32.2 Å². The van der Waals surface area contributed by atoms with E-state index < -0.39 is 11.4 Å². The Labute approximate surface area is 220 Å². The Kier molecular flexibility index (Phi) is 10.2. The van der Waals surface area contributed by atoms with Crippen LogP contribution in [0, 0.1) is 36.0 Å². The Balaban J connectivity index is 1.38. The lowest BCUT2D eigenvalue weighted by Crippen LogP contribution is -2.33. The lowest BCUT2D eigenvalue weighted by molar-refractivity contribution is -0.156. The van der Waals surface area contributed by atoms with E-state index in [1.54, 1.807) is 13.2 Å². The number of ether oxygens (including phenoxy) is 4. The second-order valence-corrected chi connectivity index (χ2v) is 11.4. The van der Waals surface area contributed by atoms with E-state index in [1.807, 2.05) is 32.9 Å². The van der Waals surface area contributed by atoms with Gasteiger partial charge in [0.2, 0.25) is 0 Å². The van der Waals surface area contributed by atoms with Crippen LogP contribution in [-0.4, -0.2) is 38.2 Å². The molecule has 0 N–H and O–H groups in total. The van der Waals surface area contributed by atoms with E-state index >= 15 is 0 Å². The van der Waals surface area contributed by atoms with E-state index in [9.17, 15) is 14.4 Å². The molecule has 0 atom stereocenters. The first-order valence-corrected chi connectivity index (χ1v) is 13.4. The second kappa shape index (κ2) is 13.1. The maximum Gasteiger partial charge on any atom is 0.330 e. The third-order valence-electron chi connectivity index (χ3n) is 7.85. The van der Waals surface area contributed by atoms with E-state index in [0.29, 0.717) is 23.3 Å². The highest BCUT2D eigenvalue weighted by Crippen LogP contribution is 2.42. The van der Waals surface area contributed by atoms with Gasteiger partial charge in [-0.2, -0.15) is 0 Å². The molecule has 0 saturated heterocycles. The smallest absolute Gasteiger partial charge is 0.330 e. The Morgan fingerprint density at radius 3 is 1.97 bits per heavy atom. The molecule has 2 fully saturated rings. The van der Waals surface area contributed by atoms with Gasteiger partial charge < -0.3 is 18.9 Å².